The third kappa shape index (κ3) is 3.15. The highest BCUT2D eigenvalue weighted by molar-refractivity contribution is 7.13. The first kappa shape index (κ1) is 14.5. The summed E-state index contributed by atoms with van der Waals surface area (Å²) >= 11 is 1.48. The maximum absolute atomic E-state index is 11.9. The topological polar surface area (TPSA) is 51.2 Å². The Balaban J connectivity index is 2.36. The van der Waals surface area contributed by atoms with Crippen LogP contribution in [0, 0.1) is 0 Å². The Hall–Kier alpha value is -0.940. The second-order valence-electron chi connectivity index (χ2n) is 5.97. The number of rotatable bonds is 2. The average molecular weight is 282 g/mol. The summed E-state index contributed by atoms with van der Waals surface area (Å²) in [5, 5.41) is 4.50. The molecule has 106 valence electrons. The van der Waals surface area contributed by atoms with Crippen LogP contribution in [-0.4, -0.2) is 24.6 Å². The van der Waals surface area contributed by atoms with Gasteiger partial charge in [-0.05, 0) is 19.4 Å². The molecule has 1 saturated heterocycles. The predicted molar refractivity (Wildman–Crippen MR) is 76.7 cm³/mol. The first-order chi connectivity index (χ1) is 8.93. The Morgan fingerprint density at radius 3 is 2.68 bits per heavy atom. The molecule has 1 aromatic rings. The molecule has 1 N–H and O–H groups in total. The quantitative estimate of drug-likeness (QED) is 0.847. The van der Waals surface area contributed by atoms with Crippen LogP contribution >= 0.6 is 11.3 Å². The van der Waals surface area contributed by atoms with E-state index < -0.39 is 0 Å². The van der Waals surface area contributed by atoms with Gasteiger partial charge in [0.2, 0.25) is 0 Å². The van der Waals surface area contributed by atoms with Crippen LogP contribution in [0.25, 0.3) is 0 Å². The molecule has 5 heteroatoms. The van der Waals surface area contributed by atoms with Gasteiger partial charge in [-0.2, -0.15) is 0 Å². The summed E-state index contributed by atoms with van der Waals surface area (Å²) in [4.78, 5) is 17.3. The normalized spacial score (nSPS) is 20.3. The van der Waals surface area contributed by atoms with Crippen LogP contribution in [0.1, 0.15) is 66.4 Å². The van der Waals surface area contributed by atoms with Crippen molar-refractivity contribution in [1.82, 2.24) is 10.3 Å². The predicted octanol–water partition coefficient (Wildman–Crippen LogP) is 3.04. The van der Waals surface area contributed by atoms with Crippen molar-refractivity contribution in [1.29, 1.82) is 0 Å². The minimum absolute atomic E-state index is 0.146. The fourth-order valence-electron chi connectivity index (χ4n) is 2.29. The van der Waals surface area contributed by atoms with E-state index in [1.807, 2.05) is 0 Å². The molecule has 1 fully saturated rings. The van der Waals surface area contributed by atoms with Crippen LogP contribution in [0.2, 0.25) is 0 Å². The zero-order valence-corrected chi connectivity index (χ0v) is 12.9. The van der Waals surface area contributed by atoms with Crippen LogP contribution in [0.5, 0.6) is 0 Å². The van der Waals surface area contributed by atoms with Crippen LogP contribution < -0.4 is 5.32 Å². The largest absolute Gasteiger partial charge is 0.465 e. The fraction of sp³-hybridized carbons (Fsp3) is 0.714. The van der Waals surface area contributed by atoms with E-state index in [1.54, 1.807) is 0 Å². The summed E-state index contributed by atoms with van der Waals surface area (Å²) in [5.74, 6) is -0.274. The van der Waals surface area contributed by atoms with Crippen molar-refractivity contribution < 1.29 is 9.53 Å². The number of esters is 1. The lowest BCUT2D eigenvalue weighted by molar-refractivity contribution is 0.0603. The minimum atomic E-state index is -0.274. The lowest BCUT2D eigenvalue weighted by atomic mass is 9.91. The number of nitrogens with zero attached hydrogens (tertiary/aromatic N) is 1. The van der Waals surface area contributed by atoms with E-state index in [0.717, 1.165) is 23.7 Å². The number of ether oxygens (including phenoxy) is 1. The van der Waals surface area contributed by atoms with Gasteiger partial charge in [0.15, 0.2) is 0 Å². The molecule has 0 bridgehead atoms. The summed E-state index contributed by atoms with van der Waals surface area (Å²) in [7, 11) is 1.42. The summed E-state index contributed by atoms with van der Waals surface area (Å²) in [6, 6.07) is 0.290. The monoisotopic (exact) mass is 282 g/mol. The number of aromatic nitrogens is 1. The molecule has 0 aromatic carbocycles. The average Bonchev–Trinajstić information content (AvgIpc) is 2.84. The van der Waals surface area contributed by atoms with Crippen molar-refractivity contribution in [3.05, 3.63) is 15.6 Å². The van der Waals surface area contributed by atoms with E-state index in [4.69, 9.17) is 9.72 Å². The zero-order chi connectivity index (χ0) is 14.0. The molecule has 4 nitrogen and oxygen atoms in total. The standard InChI is InChI=1S/C14H22N2O2S/c1-14(2,3)11-10(13(17)18-4)19-12(16-11)9-7-5-6-8-15-9/h9,15H,5-8H2,1-4H3. The number of hydrogen-bond acceptors (Lipinski definition) is 5. The van der Waals surface area contributed by atoms with Gasteiger partial charge in [-0.3, -0.25) is 0 Å². The van der Waals surface area contributed by atoms with Crippen molar-refractivity contribution in [2.45, 2.75) is 51.5 Å². The lowest BCUT2D eigenvalue weighted by Crippen LogP contribution is -2.26. The van der Waals surface area contributed by atoms with Gasteiger partial charge in [0.1, 0.15) is 9.88 Å². The van der Waals surface area contributed by atoms with Gasteiger partial charge in [-0.25, -0.2) is 9.78 Å². The molecule has 2 rings (SSSR count). The van der Waals surface area contributed by atoms with Crippen LogP contribution in [0.3, 0.4) is 0 Å². The highest BCUT2D eigenvalue weighted by Crippen LogP contribution is 2.34. The van der Waals surface area contributed by atoms with Crippen molar-refractivity contribution in [3.63, 3.8) is 0 Å². The van der Waals surface area contributed by atoms with Crippen LogP contribution in [-0.2, 0) is 10.2 Å². The molecule has 1 aliphatic heterocycles. The van der Waals surface area contributed by atoms with Gasteiger partial charge >= 0.3 is 5.97 Å². The molecular weight excluding hydrogens is 260 g/mol. The van der Waals surface area contributed by atoms with Gasteiger partial charge < -0.3 is 10.1 Å². The highest BCUT2D eigenvalue weighted by Gasteiger charge is 2.30. The van der Waals surface area contributed by atoms with Crippen LogP contribution in [0.15, 0.2) is 0 Å². The minimum Gasteiger partial charge on any atom is -0.465 e. The molecule has 0 spiro atoms. The number of carbonyl (C=O) groups excluding carboxylic acids is 1. The molecule has 19 heavy (non-hydrogen) atoms. The Labute approximate surface area is 118 Å². The Bertz CT molecular complexity index is 457. The van der Waals surface area contributed by atoms with Crippen molar-refractivity contribution in [2.24, 2.45) is 0 Å². The van der Waals surface area contributed by atoms with Gasteiger partial charge in [0, 0.05) is 5.41 Å². The number of methoxy groups -OCH3 is 1. The van der Waals surface area contributed by atoms with E-state index >= 15 is 0 Å². The van der Waals surface area contributed by atoms with E-state index in [9.17, 15) is 4.79 Å². The van der Waals surface area contributed by atoms with E-state index in [1.165, 1.54) is 31.3 Å². The number of hydrogen-bond donors (Lipinski definition) is 1. The third-order valence-corrected chi connectivity index (χ3v) is 4.48. The lowest BCUT2D eigenvalue weighted by Gasteiger charge is -2.21. The summed E-state index contributed by atoms with van der Waals surface area (Å²) in [6.07, 6.45) is 3.53. The molecule has 1 aliphatic rings. The zero-order valence-electron chi connectivity index (χ0n) is 12.1. The summed E-state index contributed by atoms with van der Waals surface area (Å²) in [5.41, 5.74) is 0.708. The van der Waals surface area contributed by atoms with Gasteiger partial charge in [-0.15, -0.1) is 11.3 Å². The second-order valence-corrected chi connectivity index (χ2v) is 7.00. The number of nitrogens with one attached hydrogen (secondary N) is 1. The molecule has 0 radical (unpaired) electrons. The first-order valence-corrected chi connectivity index (χ1v) is 7.58. The maximum Gasteiger partial charge on any atom is 0.350 e. The van der Waals surface area contributed by atoms with Crippen molar-refractivity contribution in [2.75, 3.05) is 13.7 Å². The summed E-state index contributed by atoms with van der Waals surface area (Å²) < 4.78 is 4.88. The second kappa shape index (κ2) is 5.59. The van der Waals surface area contributed by atoms with E-state index in [2.05, 4.69) is 26.1 Å². The molecule has 1 aromatic heterocycles. The Morgan fingerprint density at radius 1 is 1.42 bits per heavy atom. The molecule has 1 unspecified atom stereocenters. The molecule has 0 saturated carbocycles. The number of carbonyl (C=O) groups is 1. The maximum atomic E-state index is 11.9. The molecule has 0 aliphatic carbocycles. The smallest absolute Gasteiger partial charge is 0.350 e. The van der Waals surface area contributed by atoms with Gasteiger partial charge in [-0.1, -0.05) is 27.2 Å². The Kier molecular flexibility index (Phi) is 4.26. The van der Waals surface area contributed by atoms with Crippen LogP contribution in [0.4, 0.5) is 0 Å². The first-order valence-electron chi connectivity index (χ1n) is 6.76. The number of thiazole rings is 1. The summed E-state index contributed by atoms with van der Waals surface area (Å²) in [6.45, 7) is 7.26. The third-order valence-electron chi connectivity index (χ3n) is 3.33. The molecular formula is C14H22N2O2S. The van der Waals surface area contributed by atoms with E-state index in [0.29, 0.717) is 10.9 Å². The van der Waals surface area contributed by atoms with Gasteiger partial charge in [0.25, 0.3) is 0 Å². The molecule has 2 heterocycles. The van der Waals surface area contributed by atoms with Crippen molar-refractivity contribution in [3.8, 4) is 0 Å². The molecule has 1 atom stereocenters. The van der Waals surface area contributed by atoms with E-state index in [-0.39, 0.29) is 11.4 Å². The Morgan fingerprint density at radius 2 is 2.16 bits per heavy atom. The highest BCUT2D eigenvalue weighted by atomic mass is 32.1. The number of piperidine rings is 1. The van der Waals surface area contributed by atoms with Crippen molar-refractivity contribution >= 4 is 17.3 Å². The van der Waals surface area contributed by atoms with Gasteiger partial charge in [0.05, 0.1) is 18.8 Å². The SMILES string of the molecule is COC(=O)c1sc(C2CCCCN2)nc1C(C)(C)C. The fourth-order valence-corrected chi connectivity index (χ4v) is 3.59. The molecule has 0 amide bonds.